The van der Waals surface area contributed by atoms with E-state index in [2.05, 4.69) is 31.8 Å². The molecule has 3 rings (SSSR count). The normalized spacial score (nSPS) is 22.2. The Morgan fingerprint density at radius 3 is 2.57 bits per heavy atom. The van der Waals surface area contributed by atoms with E-state index in [-0.39, 0.29) is 6.04 Å². The standard InChI is InChI=1S/C16H24BrN3O/c1-21-16-5-2-12(17)10-14(16)15(11-18)20-8-6-19(7-9-20)13-3-4-13/h2,5,10,13,15H,3-4,6-9,11,18H2,1H3. The largest absolute Gasteiger partial charge is 0.496 e. The highest BCUT2D eigenvalue weighted by atomic mass is 79.9. The zero-order valence-electron chi connectivity index (χ0n) is 12.6. The molecule has 1 heterocycles. The van der Waals surface area contributed by atoms with E-state index in [0.29, 0.717) is 6.54 Å². The zero-order chi connectivity index (χ0) is 14.8. The summed E-state index contributed by atoms with van der Waals surface area (Å²) in [6.45, 7) is 5.13. The van der Waals surface area contributed by atoms with E-state index in [9.17, 15) is 0 Å². The van der Waals surface area contributed by atoms with Crippen molar-refractivity contribution in [1.29, 1.82) is 0 Å². The fraction of sp³-hybridized carbons (Fsp3) is 0.625. The van der Waals surface area contributed by atoms with Crippen LogP contribution in [0.3, 0.4) is 0 Å². The van der Waals surface area contributed by atoms with Crippen LogP contribution in [-0.2, 0) is 0 Å². The average Bonchev–Trinajstić information content (AvgIpc) is 3.34. The fourth-order valence-corrected chi connectivity index (χ4v) is 3.67. The highest BCUT2D eigenvalue weighted by Gasteiger charge is 2.33. The first-order chi connectivity index (χ1) is 10.2. The van der Waals surface area contributed by atoms with Gasteiger partial charge in [-0.15, -0.1) is 0 Å². The zero-order valence-corrected chi connectivity index (χ0v) is 14.2. The van der Waals surface area contributed by atoms with Gasteiger partial charge in [-0.25, -0.2) is 0 Å². The van der Waals surface area contributed by atoms with Gasteiger partial charge in [0.05, 0.1) is 13.2 Å². The number of nitrogens with two attached hydrogens (primary N) is 1. The van der Waals surface area contributed by atoms with Gasteiger partial charge in [-0.1, -0.05) is 15.9 Å². The van der Waals surface area contributed by atoms with Crippen molar-refractivity contribution in [1.82, 2.24) is 9.80 Å². The summed E-state index contributed by atoms with van der Waals surface area (Å²) in [5.74, 6) is 0.929. The lowest BCUT2D eigenvalue weighted by molar-refractivity contribution is 0.0928. The molecule has 116 valence electrons. The Morgan fingerprint density at radius 2 is 2.00 bits per heavy atom. The highest BCUT2D eigenvalue weighted by Crippen LogP contribution is 2.33. The third-order valence-corrected chi connectivity index (χ3v) is 5.12. The summed E-state index contributed by atoms with van der Waals surface area (Å²) >= 11 is 3.56. The van der Waals surface area contributed by atoms with Crippen LogP contribution in [0.5, 0.6) is 5.75 Å². The topological polar surface area (TPSA) is 41.7 Å². The molecule has 2 aliphatic rings. The van der Waals surface area contributed by atoms with Crippen LogP contribution in [0.1, 0.15) is 24.4 Å². The molecule has 1 saturated carbocycles. The Hall–Kier alpha value is -0.620. The molecule has 0 radical (unpaired) electrons. The summed E-state index contributed by atoms with van der Waals surface area (Å²) in [5.41, 5.74) is 7.28. The van der Waals surface area contributed by atoms with Gasteiger partial charge in [-0.2, -0.15) is 0 Å². The van der Waals surface area contributed by atoms with E-state index < -0.39 is 0 Å². The Bertz CT molecular complexity index is 484. The molecular weight excluding hydrogens is 330 g/mol. The third kappa shape index (κ3) is 3.42. The number of hydrogen-bond donors (Lipinski definition) is 1. The second kappa shape index (κ2) is 6.65. The quantitative estimate of drug-likeness (QED) is 0.881. The lowest BCUT2D eigenvalue weighted by atomic mass is 10.0. The van der Waals surface area contributed by atoms with Crippen LogP contribution in [0.25, 0.3) is 0 Å². The summed E-state index contributed by atoms with van der Waals surface area (Å²) in [6.07, 6.45) is 2.78. The monoisotopic (exact) mass is 353 g/mol. The first-order valence-corrected chi connectivity index (χ1v) is 8.54. The smallest absolute Gasteiger partial charge is 0.123 e. The van der Waals surface area contributed by atoms with Crippen molar-refractivity contribution >= 4 is 15.9 Å². The molecule has 0 bridgehead atoms. The third-order valence-electron chi connectivity index (χ3n) is 4.63. The van der Waals surface area contributed by atoms with Crippen LogP contribution in [0.15, 0.2) is 22.7 Å². The molecule has 0 aromatic heterocycles. The maximum atomic E-state index is 6.09. The molecule has 1 aliphatic carbocycles. The molecule has 4 nitrogen and oxygen atoms in total. The van der Waals surface area contributed by atoms with Crippen LogP contribution in [0, 0.1) is 0 Å². The Balaban J connectivity index is 1.74. The van der Waals surface area contributed by atoms with Gasteiger partial charge in [0, 0.05) is 48.8 Å². The average molecular weight is 354 g/mol. The van der Waals surface area contributed by atoms with Crippen molar-refractivity contribution in [2.75, 3.05) is 39.8 Å². The molecule has 2 N–H and O–H groups in total. The number of ether oxygens (including phenoxy) is 1. The van der Waals surface area contributed by atoms with Crippen LogP contribution < -0.4 is 10.5 Å². The number of rotatable bonds is 5. The first kappa shape index (κ1) is 15.3. The lowest BCUT2D eigenvalue weighted by Crippen LogP contribution is -2.49. The van der Waals surface area contributed by atoms with Gasteiger partial charge in [0.2, 0.25) is 0 Å². The summed E-state index contributed by atoms with van der Waals surface area (Å²) < 4.78 is 6.61. The van der Waals surface area contributed by atoms with Gasteiger partial charge in [0.15, 0.2) is 0 Å². The van der Waals surface area contributed by atoms with Gasteiger partial charge in [0.1, 0.15) is 5.75 Å². The van der Waals surface area contributed by atoms with Crippen LogP contribution in [0.2, 0.25) is 0 Å². The molecular formula is C16H24BrN3O. The van der Waals surface area contributed by atoms with Gasteiger partial charge in [-0.05, 0) is 31.0 Å². The minimum absolute atomic E-state index is 0.235. The Labute approximate surface area is 135 Å². The molecule has 1 saturated heterocycles. The molecule has 1 atom stereocenters. The molecule has 1 unspecified atom stereocenters. The molecule has 1 aliphatic heterocycles. The lowest BCUT2D eigenvalue weighted by Gasteiger charge is -2.39. The number of halogens is 1. The molecule has 5 heteroatoms. The van der Waals surface area contributed by atoms with E-state index in [1.807, 2.05) is 12.1 Å². The summed E-state index contributed by atoms with van der Waals surface area (Å²) in [4.78, 5) is 5.13. The number of nitrogens with zero attached hydrogens (tertiary/aromatic N) is 2. The molecule has 0 amide bonds. The van der Waals surface area contributed by atoms with Crippen LogP contribution in [-0.4, -0.2) is 55.7 Å². The number of methoxy groups -OCH3 is 1. The molecule has 21 heavy (non-hydrogen) atoms. The van der Waals surface area contributed by atoms with E-state index >= 15 is 0 Å². The van der Waals surface area contributed by atoms with Crippen molar-refractivity contribution in [2.24, 2.45) is 5.73 Å². The summed E-state index contributed by atoms with van der Waals surface area (Å²) in [6, 6.07) is 7.27. The maximum absolute atomic E-state index is 6.09. The van der Waals surface area contributed by atoms with Crippen LogP contribution >= 0.6 is 15.9 Å². The van der Waals surface area contributed by atoms with E-state index in [0.717, 1.165) is 42.4 Å². The van der Waals surface area contributed by atoms with E-state index in [1.54, 1.807) is 7.11 Å². The maximum Gasteiger partial charge on any atom is 0.123 e. The first-order valence-electron chi connectivity index (χ1n) is 7.74. The minimum Gasteiger partial charge on any atom is -0.496 e. The Morgan fingerprint density at radius 1 is 1.29 bits per heavy atom. The SMILES string of the molecule is COc1ccc(Br)cc1C(CN)N1CCN(C2CC2)CC1. The fourth-order valence-electron chi connectivity index (χ4n) is 3.29. The van der Waals surface area contributed by atoms with Crippen molar-refractivity contribution in [3.05, 3.63) is 28.2 Å². The van der Waals surface area contributed by atoms with Gasteiger partial charge < -0.3 is 10.5 Å². The predicted octanol–water partition coefficient (Wildman–Crippen LogP) is 2.24. The second-order valence-corrected chi connectivity index (χ2v) is 6.86. The van der Waals surface area contributed by atoms with Crippen molar-refractivity contribution in [3.8, 4) is 5.75 Å². The molecule has 0 spiro atoms. The van der Waals surface area contributed by atoms with Gasteiger partial charge in [-0.3, -0.25) is 9.80 Å². The van der Waals surface area contributed by atoms with Gasteiger partial charge >= 0.3 is 0 Å². The van der Waals surface area contributed by atoms with E-state index in [4.69, 9.17) is 10.5 Å². The Kier molecular flexibility index (Phi) is 4.84. The number of piperazine rings is 1. The highest BCUT2D eigenvalue weighted by molar-refractivity contribution is 9.10. The van der Waals surface area contributed by atoms with Crippen LogP contribution in [0.4, 0.5) is 0 Å². The predicted molar refractivity (Wildman–Crippen MR) is 88.7 cm³/mol. The number of benzene rings is 1. The van der Waals surface area contributed by atoms with E-state index in [1.165, 1.54) is 18.4 Å². The number of hydrogen-bond acceptors (Lipinski definition) is 4. The minimum atomic E-state index is 0.235. The molecule has 2 fully saturated rings. The second-order valence-electron chi connectivity index (χ2n) is 5.94. The summed E-state index contributed by atoms with van der Waals surface area (Å²) in [7, 11) is 1.73. The van der Waals surface area contributed by atoms with Crippen molar-refractivity contribution in [2.45, 2.75) is 24.9 Å². The van der Waals surface area contributed by atoms with Crippen molar-refractivity contribution < 1.29 is 4.74 Å². The van der Waals surface area contributed by atoms with Gasteiger partial charge in [0.25, 0.3) is 0 Å². The summed E-state index contributed by atoms with van der Waals surface area (Å²) in [5, 5.41) is 0. The molecule has 1 aromatic rings. The molecule has 1 aromatic carbocycles. The van der Waals surface area contributed by atoms with Crippen molar-refractivity contribution in [3.63, 3.8) is 0 Å².